The fourth-order valence-corrected chi connectivity index (χ4v) is 1.78. The van der Waals surface area contributed by atoms with E-state index < -0.39 is 5.97 Å². The van der Waals surface area contributed by atoms with E-state index in [0.717, 1.165) is 15.6 Å². The molecule has 1 rings (SSSR count). The second-order valence-electron chi connectivity index (χ2n) is 3.83. The van der Waals surface area contributed by atoms with E-state index in [0.29, 0.717) is 12.2 Å². The summed E-state index contributed by atoms with van der Waals surface area (Å²) in [7, 11) is 0. The molecule has 1 aromatic rings. The molecule has 4 heteroatoms. The SMILES string of the molecule is CCOC(=O)CC(=O)c1cc(C)c(Br)c(C)c1. The number of esters is 1. The Bertz CT molecular complexity index is 429. The molecule has 0 unspecified atom stereocenters. The highest BCUT2D eigenvalue weighted by atomic mass is 79.9. The van der Waals surface area contributed by atoms with Gasteiger partial charge in [0.2, 0.25) is 0 Å². The van der Waals surface area contributed by atoms with Crippen molar-refractivity contribution in [2.75, 3.05) is 6.61 Å². The predicted molar refractivity (Wildman–Crippen MR) is 69.2 cm³/mol. The van der Waals surface area contributed by atoms with Crippen LogP contribution in [0.25, 0.3) is 0 Å². The van der Waals surface area contributed by atoms with Crippen molar-refractivity contribution in [3.05, 3.63) is 33.3 Å². The zero-order valence-corrected chi connectivity index (χ0v) is 11.8. The van der Waals surface area contributed by atoms with Crippen LogP contribution < -0.4 is 0 Å². The summed E-state index contributed by atoms with van der Waals surface area (Å²) < 4.78 is 5.74. The van der Waals surface area contributed by atoms with Crippen molar-refractivity contribution < 1.29 is 14.3 Å². The molecule has 0 fully saturated rings. The van der Waals surface area contributed by atoms with Gasteiger partial charge < -0.3 is 4.74 Å². The standard InChI is InChI=1S/C13H15BrO3/c1-4-17-12(16)7-11(15)10-5-8(2)13(14)9(3)6-10/h5-6H,4,7H2,1-3H3. The van der Waals surface area contributed by atoms with Gasteiger partial charge in [0.15, 0.2) is 5.78 Å². The number of ether oxygens (including phenoxy) is 1. The number of aryl methyl sites for hydroxylation is 2. The molecule has 92 valence electrons. The monoisotopic (exact) mass is 298 g/mol. The molecule has 0 radical (unpaired) electrons. The number of Topliss-reactive ketones (excluding diaryl/α,β-unsaturated/α-hetero) is 1. The van der Waals surface area contributed by atoms with E-state index in [1.807, 2.05) is 13.8 Å². The van der Waals surface area contributed by atoms with Gasteiger partial charge in [-0.2, -0.15) is 0 Å². The van der Waals surface area contributed by atoms with E-state index in [9.17, 15) is 9.59 Å². The van der Waals surface area contributed by atoms with E-state index >= 15 is 0 Å². The van der Waals surface area contributed by atoms with Gasteiger partial charge in [0, 0.05) is 10.0 Å². The second-order valence-corrected chi connectivity index (χ2v) is 4.62. The second kappa shape index (κ2) is 5.96. The van der Waals surface area contributed by atoms with Crippen molar-refractivity contribution in [1.29, 1.82) is 0 Å². The van der Waals surface area contributed by atoms with E-state index in [-0.39, 0.29) is 12.2 Å². The van der Waals surface area contributed by atoms with Crippen molar-refractivity contribution in [3.63, 3.8) is 0 Å². The molecule has 0 aromatic heterocycles. The predicted octanol–water partition coefficient (Wildman–Crippen LogP) is 3.20. The van der Waals surface area contributed by atoms with Gasteiger partial charge in [0.25, 0.3) is 0 Å². The van der Waals surface area contributed by atoms with Crippen LogP contribution in [0.2, 0.25) is 0 Å². The van der Waals surface area contributed by atoms with Crippen molar-refractivity contribution in [3.8, 4) is 0 Å². The Morgan fingerprint density at radius 1 is 1.24 bits per heavy atom. The van der Waals surface area contributed by atoms with Crippen molar-refractivity contribution in [1.82, 2.24) is 0 Å². The quantitative estimate of drug-likeness (QED) is 0.487. The zero-order chi connectivity index (χ0) is 13.0. The molecule has 3 nitrogen and oxygen atoms in total. The third-order valence-electron chi connectivity index (χ3n) is 2.37. The largest absolute Gasteiger partial charge is 0.466 e. The van der Waals surface area contributed by atoms with Gasteiger partial charge in [-0.05, 0) is 44.0 Å². The Labute approximate surface area is 109 Å². The molecule has 0 heterocycles. The summed E-state index contributed by atoms with van der Waals surface area (Å²) in [5.41, 5.74) is 2.52. The number of ketones is 1. The van der Waals surface area contributed by atoms with Crippen molar-refractivity contribution in [2.24, 2.45) is 0 Å². The van der Waals surface area contributed by atoms with Crippen LogP contribution >= 0.6 is 15.9 Å². The molecule has 0 spiro atoms. The molecule has 0 aliphatic carbocycles. The molecule has 0 atom stereocenters. The normalized spacial score (nSPS) is 10.1. The van der Waals surface area contributed by atoms with Gasteiger partial charge in [-0.1, -0.05) is 15.9 Å². The van der Waals surface area contributed by atoms with E-state index in [2.05, 4.69) is 15.9 Å². The molecule has 1 aromatic carbocycles. The highest BCUT2D eigenvalue weighted by Gasteiger charge is 2.14. The lowest BCUT2D eigenvalue weighted by Gasteiger charge is -2.07. The number of carbonyl (C=O) groups excluding carboxylic acids is 2. The van der Waals surface area contributed by atoms with Crippen LogP contribution in [0.15, 0.2) is 16.6 Å². The summed E-state index contributed by atoms with van der Waals surface area (Å²) >= 11 is 3.44. The number of hydrogen-bond acceptors (Lipinski definition) is 3. The number of carbonyl (C=O) groups is 2. The van der Waals surface area contributed by atoms with Gasteiger partial charge >= 0.3 is 5.97 Å². The van der Waals surface area contributed by atoms with Crippen LogP contribution in [-0.4, -0.2) is 18.4 Å². The summed E-state index contributed by atoms with van der Waals surface area (Å²) in [6, 6.07) is 3.55. The molecule has 0 N–H and O–H groups in total. The van der Waals surface area contributed by atoms with Crippen molar-refractivity contribution in [2.45, 2.75) is 27.2 Å². The zero-order valence-electron chi connectivity index (χ0n) is 10.2. The van der Waals surface area contributed by atoms with Crippen LogP contribution in [0.1, 0.15) is 34.8 Å². The minimum absolute atomic E-state index is 0.200. The maximum absolute atomic E-state index is 11.8. The molecular weight excluding hydrogens is 284 g/mol. The highest BCUT2D eigenvalue weighted by molar-refractivity contribution is 9.10. The topological polar surface area (TPSA) is 43.4 Å². The average molecular weight is 299 g/mol. The Kier molecular flexibility index (Phi) is 4.87. The molecule has 0 aliphatic heterocycles. The van der Waals surface area contributed by atoms with Crippen molar-refractivity contribution >= 4 is 27.7 Å². The lowest BCUT2D eigenvalue weighted by molar-refractivity contribution is -0.141. The Morgan fingerprint density at radius 2 is 1.76 bits per heavy atom. The Morgan fingerprint density at radius 3 is 2.24 bits per heavy atom. The first kappa shape index (κ1) is 13.9. The Balaban J connectivity index is 2.86. The van der Waals surface area contributed by atoms with Gasteiger partial charge in [-0.15, -0.1) is 0 Å². The molecule has 0 saturated carbocycles. The molecule has 17 heavy (non-hydrogen) atoms. The lowest BCUT2D eigenvalue weighted by atomic mass is 10.0. The first-order valence-electron chi connectivity index (χ1n) is 5.41. The van der Waals surface area contributed by atoms with E-state index in [4.69, 9.17) is 4.74 Å². The first-order chi connectivity index (χ1) is 7.95. The molecule has 0 bridgehead atoms. The summed E-state index contributed by atoms with van der Waals surface area (Å²) in [5, 5.41) is 0. The molecule has 0 aliphatic rings. The van der Waals surface area contributed by atoms with E-state index in [1.165, 1.54) is 0 Å². The smallest absolute Gasteiger partial charge is 0.313 e. The Hall–Kier alpha value is -1.16. The third kappa shape index (κ3) is 3.66. The van der Waals surface area contributed by atoms with Crippen LogP contribution in [0, 0.1) is 13.8 Å². The van der Waals surface area contributed by atoms with Crippen LogP contribution in [0.3, 0.4) is 0 Å². The maximum atomic E-state index is 11.8. The van der Waals surface area contributed by atoms with Crippen LogP contribution in [0.5, 0.6) is 0 Å². The molecular formula is C13H15BrO3. The number of hydrogen-bond donors (Lipinski definition) is 0. The summed E-state index contributed by atoms with van der Waals surface area (Å²) in [6.45, 7) is 5.84. The third-order valence-corrected chi connectivity index (χ3v) is 3.62. The fourth-order valence-electron chi connectivity index (χ4n) is 1.55. The highest BCUT2D eigenvalue weighted by Crippen LogP contribution is 2.23. The van der Waals surface area contributed by atoms with Gasteiger partial charge in [-0.25, -0.2) is 0 Å². The lowest BCUT2D eigenvalue weighted by Crippen LogP contribution is -2.11. The van der Waals surface area contributed by atoms with E-state index in [1.54, 1.807) is 19.1 Å². The van der Waals surface area contributed by atoms with Crippen LogP contribution in [-0.2, 0) is 9.53 Å². The minimum atomic E-state index is -0.476. The molecule has 0 amide bonds. The van der Waals surface area contributed by atoms with Gasteiger partial charge in [-0.3, -0.25) is 9.59 Å². The average Bonchev–Trinajstić information content (AvgIpc) is 2.25. The van der Waals surface area contributed by atoms with Gasteiger partial charge in [0.1, 0.15) is 6.42 Å². The number of rotatable bonds is 4. The fraction of sp³-hybridized carbons (Fsp3) is 0.385. The minimum Gasteiger partial charge on any atom is -0.466 e. The maximum Gasteiger partial charge on any atom is 0.313 e. The van der Waals surface area contributed by atoms with Crippen LogP contribution in [0.4, 0.5) is 0 Å². The summed E-state index contributed by atoms with van der Waals surface area (Å²) in [5.74, 6) is -0.683. The number of benzene rings is 1. The summed E-state index contributed by atoms with van der Waals surface area (Å²) in [6.07, 6.45) is -0.200. The first-order valence-corrected chi connectivity index (χ1v) is 6.20. The van der Waals surface area contributed by atoms with Gasteiger partial charge in [0.05, 0.1) is 6.61 Å². The molecule has 0 saturated heterocycles. The number of halogens is 1. The summed E-state index contributed by atoms with van der Waals surface area (Å²) in [4.78, 5) is 23.0.